The minimum atomic E-state index is 0.333. The van der Waals surface area contributed by atoms with Crippen molar-refractivity contribution in [2.24, 2.45) is 5.73 Å². The monoisotopic (exact) mass is 218 g/mol. The molecular formula is C14H22N2. The summed E-state index contributed by atoms with van der Waals surface area (Å²) in [5.41, 5.74) is 9.02. The summed E-state index contributed by atoms with van der Waals surface area (Å²) in [7, 11) is 4.23. The molecule has 1 aromatic rings. The smallest absolute Gasteiger partial charge is 0.00762 e. The average molecular weight is 218 g/mol. The first-order valence-corrected chi connectivity index (χ1v) is 6.10. The highest BCUT2D eigenvalue weighted by atomic mass is 15.0. The van der Waals surface area contributed by atoms with E-state index in [2.05, 4.69) is 43.3 Å². The maximum atomic E-state index is 5.83. The highest BCUT2D eigenvalue weighted by Crippen LogP contribution is 2.47. The maximum absolute atomic E-state index is 5.83. The Balaban J connectivity index is 2.00. The van der Waals surface area contributed by atoms with Gasteiger partial charge in [0.2, 0.25) is 0 Å². The van der Waals surface area contributed by atoms with Crippen molar-refractivity contribution in [2.45, 2.75) is 24.7 Å². The van der Waals surface area contributed by atoms with Gasteiger partial charge in [-0.1, -0.05) is 24.3 Å². The fourth-order valence-corrected chi connectivity index (χ4v) is 2.14. The first-order chi connectivity index (χ1) is 7.66. The topological polar surface area (TPSA) is 29.3 Å². The first kappa shape index (κ1) is 11.6. The lowest BCUT2D eigenvalue weighted by atomic mass is 9.95. The molecule has 2 N–H and O–H groups in total. The van der Waals surface area contributed by atoms with Crippen molar-refractivity contribution in [3.63, 3.8) is 0 Å². The van der Waals surface area contributed by atoms with Crippen molar-refractivity contribution in [2.75, 3.05) is 27.2 Å². The lowest BCUT2D eigenvalue weighted by Crippen LogP contribution is -2.19. The average Bonchev–Trinajstić information content (AvgIpc) is 3.08. The van der Waals surface area contributed by atoms with Crippen LogP contribution in [-0.4, -0.2) is 32.1 Å². The number of likely N-dealkylation sites (N-methyl/N-ethyl adjacent to an activating group) is 1. The van der Waals surface area contributed by atoms with Gasteiger partial charge in [0.25, 0.3) is 0 Å². The summed E-state index contributed by atoms with van der Waals surface area (Å²) in [6.45, 7) is 1.91. The van der Waals surface area contributed by atoms with Crippen LogP contribution in [0.1, 0.15) is 24.0 Å². The van der Waals surface area contributed by atoms with Crippen LogP contribution in [0.3, 0.4) is 0 Å². The lowest BCUT2D eigenvalue weighted by molar-refractivity contribution is 0.413. The third-order valence-corrected chi connectivity index (χ3v) is 3.66. The Morgan fingerprint density at radius 1 is 1.19 bits per heavy atom. The molecule has 1 aromatic carbocycles. The Hall–Kier alpha value is -0.860. The second kappa shape index (κ2) is 4.56. The summed E-state index contributed by atoms with van der Waals surface area (Å²) in [5, 5.41) is 0. The maximum Gasteiger partial charge on any atom is 0.00762 e. The number of hydrogen-bond acceptors (Lipinski definition) is 2. The molecule has 0 radical (unpaired) electrons. The summed E-state index contributed by atoms with van der Waals surface area (Å²) >= 11 is 0. The largest absolute Gasteiger partial charge is 0.330 e. The van der Waals surface area contributed by atoms with Gasteiger partial charge in [-0.2, -0.15) is 0 Å². The van der Waals surface area contributed by atoms with E-state index in [0.29, 0.717) is 5.41 Å². The molecule has 2 heteroatoms. The second-order valence-corrected chi connectivity index (χ2v) is 5.23. The molecule has 2 rings (SSSR count). The second-order valence-electron chi connectivity index (χ2n) is 5.23. The Bertz CT molecular complexity index is 336. The van der Waals surface area contributed by atoms with E-state index in [-0.39, 0.29) is 0 Å². The molecule has 0 heterocycles. The lowest BCUT2D eigenvalue weighted by Gasteiger charge is -2.14. The third kappa shape index (κ3) is 2.45. The minimum Gasteiger partial charge on any atom is -0.330 e. The molecule has 1 saturated carbocycles. The van der Waals surface area contributed by atoms with E-state index in [9.17, 15) is 0 Å². The van der Waals surface area contributed by atoms with Crippen molar-refractivity contribution >= 4 is 0 Å². The number of benzene rings is 1. The standard InChI is InChI=1S/C14H22N2/c1-16(2)10-7-12-3-5-13(6-4-12)14(11-15)8-9-14/h3-6H,7-11,15H2,1-2H3. The molecule has 16 heavy (non-hydrogen) atoms. The minimum absolute atomic E-state index is 0.333. The van der Waals surface area contributed by atoms with Gasteiger partial charge < -0.3 is 10.6 Å². The van der Waals surface area contributed by atoms with E-state index in [1.807, 2.05) is 0 Å². The van der Waals surface area contributed by atoms with E-state index in [1.165, 1.54) is 24.0 Å². The molecule has 88 valence electrons. The highest BCUT2D eigenvalue weighted by molar-refractivity contribution is 5.34. The van der Waals surface area contributed by atoms with Crippen molar-refractivity contribution < 1.29 is 0 Å². The van der Waals surface area contributed by atoms with E-state index < -0.39 is 0 Å². The number of nitrogens with zero attached hydrogens (tertiary/aromatic N) is 1. The van der Waals surface area contributed by atoms with Crippen molar-refractivity contribution in [1.82, 2.24) is 4.90 Å². The molecule has 0 spiro atoms. The molecule has 0 aromatic heterocycles. The van der Waals surface area contributed by atoms with Crippen molar-refractivity contribution in [3.8, 4) is 0 Å². The van der Waals surface area contributed by atoms with Gasteiger partial charge in [0.05, 0.1) is 0 Å². The summed E-state index contributed by atoms with van der Waals surface area (Å²) in [6, 6.07) is 9.05. The van der Waals surface area contributed by atoms with Gasteiger partial charge in [0, 0.05) is 18.5 Å². The molecule has 0 amide bonds. The SMILES string of the molecule is CN(C)CCc1ccc(C2(CN)CC2)cc1. The molecule has 0 bridgehead atoms. The number of hydrogen-bond donors (Lipinski definition) is 1. The molecular weight excluding hydrogens is 196 g/mol. The van der Waals surface area contributed by atoms with Crippen LogP contribution in [0.4, 0.5) is 0 Å². The molecule has 1 fully saturated rings. The van der Waals surface area contributed by atoms with Crippen LogP contribution in [0.5, 0.6) is 0 Å². The van der Waals surface area contributed by atoms with Crippen LogP contribution in [0, 0.1) is 0 Å². The predicted molar refractivity (Wildman–Crippen MR) is 68.7 cm³/mol. The van der Waals surface area contributed by atoms with Crippen LogP contribution in [0.2, 0.25) is 0 Å². The van der Waals surface area contributed by atoms with Crippen LogP contribution in [-0.2, 0) is 11.8 Å². The van der Waals surface area contributed by atoms with Crippen LogP contribution >= 0.6 is 0 Å². The summed E-state index contributed by atoms with van der Waals surface area (Å²) in [6.07, 6.45) is 3.66. The summed E-state index contributed by atoms with van der Waals surface area (Å²) in [4.78, 5) is 2.22. The summed E-state index contributed by atoms with van der Waals surface area (Å²) < 4.78 is 0. The van der Waals surface area contributed by atoms with E-state index in [0.717, 1.165) is 19.5 Å². The number of rotatable bonds is 5. The Morgan fingerprint density at radius 3 is 2.25 bits per heavy atom. The zero-order valence-electron chi connectivity index (χ0n) is 10.4. The van der Waals surface area contributed by atoms with Crippen LogP contribution < -0.4 is 5.73 Å². The van der Waals surface area contributed by atoms with Gasteiger partial charge in [-0.15, -0.1) is 0 Å². The molecule has 2 nitrogen and oxygen atoms in total. The normalized spacial score (nSPS) is 17.8. The van der Waals surface area contributed by atoms with E-state index >= 15 is 0 Å². The van der Waals surface area contributed by atoms with Gasteiger partial charge in [-0.05, 0) is 44.5 Å². The van der Waals surface area contributed by atoms with Crippen molar-refractivity contribution in [1.29, 1.82) is 0 Å². The zero-order chi connectivity index (χ0) is 11.6. The quantitative estimate of drug-likeness (QED) is 0.816. The van der Waals surface area contributed by atoms with E-state index in [4.69, 9.17) is 5.73 Å². The molecule has 0 atom stereocenters. The first-order valence-electron chi connectivity index (χ1n) is 6.10. The molecule has 0 unspecified atom stereocenters. The van der Waals surface area contributed by atoms with Gasteiger partial charge >= 0.3 is 0 Å². The molecule has 0 aliphatic heterocycles. The van der Waals surface area contributed by atoms with Crippen LogP contribution in [0.25, 0.3) is 0 Å². The molecule has 1 aliphatic rings. The number of nitrogens with two attached hydrogens (primary N) is 1. The fraction of sp³-hybridized carbons (Fsp3) is 0.571. The van der Waals surface area contributed by atoms with Crippen LogP contribution in [0.15, 0.2) is 24.3 Å². The molecule has 0 saturated heterocycles. The zero-order valence-corrected chi connectivity index (χ0v) is 10.4. The Morgan fingerprint density at radius 2 is 1.81 bits per heavy atom. The fourth-order valence-electron chi connectivity index (χ4n) is 2.14. The van der Waals surface area contributed by atoms with Gasteiger partial charge in [-0.25, -0.2) is 0 Å². The van der Waals surface area contributed by atoms with Crippen molar-refractivity contribution in [3.05, 3.63) is 35.4 Å². The van der Waals surface area contributed by atoms with Gasteiger partial charge in [-0.3, -0.25) is 0 Å². The van der Waals surface area contributed by atoms with Gasteiger partial charge in [0.15, 0.2) is 0 Å². The third-order valence-electron chi connectivity index (χ3n) is 3.66. The van der Waals surface area contributed by atoms with E-state index in [1.54, 1.807) is 0 Å². The Labute approximate surface area is 98.4 Å². The molecule has 1 aliphatic carbocycles. The Kier molecular flexibility index (Phi) is 3.31. The summed E-state index contributed by atoms with van der Waals surface area (Å²) in [5.74, 6) is 0. The predicted octanol–water partition coefficient (Wildman–Crippen LogP) is 1.78. The van der Waals surface area contributed by atoms with Gasteiger partial charge in [0.1, 0.15) is 0 Å². The highest BCUT2D eigenvalue weighted by Gasteiger charge is 2.42.